The molecule has 0 unspecified atom stereocenters. The van der Waals surface area contributed by atoms with Gasteiger partial charge in [0.15, 0.2) is 0 Å². The predicted molar refractivity (Wildman–Crippen MR) is 66.4 cm³/mol. The molecule has 0 fully saturated rings. The molecule has 0 bridgehead atoms. The molecule has 4 heteroatoms. The molecule has 1 aromatic heterocycles. The van der Waals surface area contributed by atoms with Gasteiger partial charge in [-0.3, -0.25) is 4.68 Å². The Hall–Kier alpha value is -1.32. The van der Waals surface area contributed by atoms with Gasteiger partial charge in [0.1, 0.15) is 0 Å². The topological polar surface area (TPSA) is 43.8 Å². The molecular formula is C12H14ClN3. The first-order valence-electron chi connectivity index (χ1n) is 5.20. The Morgan fingerprint density at radius 3 is 2.75 bits per heavy atom. The van der Waals surface area contributed by atoms with Crippen LogP contribution in [0.4, 0.5) is 0 Å². The van der Waals surface area contributed by atoms with Crippen molar-refractivity contribution in [1.29, 1.82) is 0 Å². The summed E-state index contributed by atoms with van der Waals surface area (Å²) in [5.74, 6) is 0. The van der Waals surface area contributed by atoms with E-state index in [-0.39, 0.29) is 0 Å². The van der Waals surface area contributed by atoms with Crippen molar-refractivity contribution in [3.05, 3.63) is 41.2 Å². The molecule has 0 aliphatic heterocycles. The van der Waals surface area contributed by atoms with Crippen LogP contribution in [0.3, 0.4) is 0 Å². The first kappa shape index (κ1) is 11.2. The number of aryl methyl sites for hydroxylation is 1. The summed E-state index contributed by atoms with van der Waals surface area (Å²) in [5, 5.41) is 5.14. The fourth-order valence-corrected chi connectivity index (χ4v) is 2.00. The molecular weight excluding hydrogens is 222 g/mol. The van der Waals surface area contributed by atoms with Gasteiger partial charge in [0, 0.05) is 35.8 Å². The molecule has 1 heterocycles. The lowest BCUT2D eigenvalue weighted by Crippen LogP contribution is -2.04. The van der Waals surface area contributed by atoms with Crippen LogP contribution in [0.15, 0.2) is 30.5 Å². The lowest BCUT2D eigenvalue weighted by atomic mass is 10.1. The van der Waals surface area contributed by atoms with Crippen molar-refractivity contribution in [2.24, 2.45) is 12.8 Å². The fourth-order valence-electron chi connectivity index (χ4n) is 1.76. The van der Waals surface area contributed by atoms with E-state index in [9.17, 15) is 0 Å². The van der Waals surface area contributed by atoms with Crippen LogP contribution < -0.4 is 5.73 Å². The number of nitrogens with two attached hydrogens (primary N) is 1. The Labute approximate surface area is 99.8 Å². The van der Waals surface area contributed by atoms with Crippen molar-refractivity contribution in [3.63, 3.8) is 0 Å². The Kier molecular flexibility index (Phi) is 3.27. The Bertz CT molecular complexity index is 491. The highest BCUT2D eigenvalue weighted by Gasteiger charge is 2.11. The second-order valence-electron chi connectivity index (χ2n) is 3.68. The van der Waals surface area contributed by atoms with Crippen molar-refractivity contribution in [2.45, 2.75) is 6.42 Å². The Morgan fingerprint density at radius 1 is 1.31 bits per heavy atom. The minimum Gasteiger partial charge on any atom is -0.330 e. The van der Waals surface area contributed by atoms with Crippen LogP contribution >= 0.6 is 11.6 Å². The summed E-state index contributed by atoms with van der Waals surface area (Å²) < 4.78 is 1.80. The monoisotopic (exact) mass is 235 g/mol. The minimum atomic E-state index is 0.592. The summed E-state index contributed by atoms with van der Waals surface area (Å²) >= 11 is 6.17. The maximum atomic E-state index is 6.17. The van der Waals surface area contributed by atoms with Gasteiger partial charge >= 0.3 is 0 Å². The summed E-state index contributed by atoms with van der Waals surface area (Å²) in [7, 11) is 1.90. The summed E-state index contributed by atoms with van der Waals surface area (Å²) in [6.45, 7) is 0.592. The molecule has 0 saturated carbocycles. The lowest BCUT2D eigenvalue weighted by molar-refractivity contribution is 0.739. The third-order valence-electron chi connectivity index (χ3n) is 2.45. The number of hydrogen-bond acceptors (Lipinski definition) is 2. The molecule has 2 rings (SSSR count). The van der Waals surface area contributed by atoms with E-state index in [2.05, 4.69) is 5.10 Å². The molecule has 84 valence electrons. The molecule has 16 heavy (non-hydrogen) atoms. The van der Waals surface area contributed by atoms with Crippen LogP contribution in [-0.4, -0.2) is 16.3 Å². The van der Waals surface area contributed by atoms with Crippen LogP contribution in [-0.2, 0) is 13.5 Å². The second kappa shape index (κ2) is 4.68. The largest absolute Gasteiger partial charge is 0.330 e. The first-order valence-corrected chi connectivity index (χ1v) is 5.57. The van der Waals surface area contributed by atoms with Gasteiger partial charge < -0.3 is 5.73 Å². The maximum Gasteiger partial charge on any atom is 0.0715 e. The van der Waals surface area contributed by atoms with Crippen LogP contribution in [0.2, 0.25) is 5.02 Å². The molecule has 0 saturated heterocycles. The normalized spacial score (nSPS) is 10.7. The number of nitrogens with zero attached hydrogens (tertiary/aromatic N) is 2. The summed E-state index contributed by atoms with van der Waals surface area (Å²) in [4.78, 5) is 0. The number of benzene rings is 1. The smallest absolute Gasteiger partial charge is 0.0715 e. The zero-order valence-electron chi connectivity index (χ0n) is 9.15. The van der Waals surface area contributed by atoms with Gasteiger partial charge in [-0.05, 0) is 12.6 Å². The molecule has 0 amide bonds. The van der Waals surface area contributed by atoms with Crippen molar-refractivity contribution in [1.82, 2.24) is 9.78 Å². The molecule has 3 nitrogen and oxygen atoms in total. The maximum absolute atomic E-state index is 6.17. The van der Waals surface area contributed by atoms with Crippen molar-refractivity contribution in [2.75, 3.05) is 6.54 Å². The van der Waals surface area contributed by atoms with E-state index in [0.29, 0.717) is 6.54 Å². The van der Waals surface area contributed by atoms with Gasteiger partial charge in [0.25, 0.3) is 0 Å². The van der Waals surface area contributed by atoms with Crippen LogP contribution in [0.1, 0.15) is 5.69 Å². The third-order valence-corrected chi connectivity index (χ3v) is 2.78. The minimum absolute atomic E-state index is 0.592. The Balaban J connectivity index is 2.51. The number of halogens is 1. The fraction of sp³-hybridized carbons (Fsp3) is 0.250. The standard InChI is InChI=1S/C12H14ClN3/c1-16-8-10(12(15-16)6-7-14)9-4-2-3-5-11(9)13/h2-5,8H,6-7,14H2,1H3. The van der Waals surface area contributed by atoms with Crippen molar-refractivity contribution >= 4 is 11.6 Å². The molecule has 0 radical (unpaired) electrons. The highest BCUT2D eigenvalue weighted by atomic mass is 35.5. The van der Waals surface area contributed by atoms with E-state index < -0.39 is 0 Å². The highest BCUT2D eigenvalue weighted by molar-refractivity contribution is 6.33. The third kappa shape index (κ3) is 2.10. The average Bonchev–Trinajstić information content (AvgIpc) is 2.61. The van der Waals surface area contributed by atoms with E-state index in [4.69, 9.17) is 17.3 Å². The van der Waals surface area contributed by atoms with E-state index >= 15 is 0 Å². The van der Waals surface area contributed by atoms with Gasteiger partial charge in [-0.1, -0.05) is 29.8 Å². The zero-order valence-corrected chi connectivity index (χ0v) is 9.91. The molecule has 0 aliphatic rings. The van der Waals surface area contributed by atoms with E-state index in [0.717, 1.165) is 28.3 Å². The summed E-state index contributed by atoms with van der Waals surface area (Å²) in [6, 6.07) is 7.78. The van der Waals surface area contributed by atoms with E-state index in [1.54, 1.807) is 4.68 Å². The van der Waals surface area contributed by atoms with E-state index in [1.165, 1.54) is 0 Å². The molecule has 0 aliphatic carbocycles. The van der Waals surface area contributed by atoms with Gasteiger partial charge in [-0.2, -0.15) is 5.10 Å². The zero-order chi connectivity index (χ0) is 11.5. The summed E-state index contributed by atoms with van der Waals surface area (Å²) in [5.41, 5.74) is 8.65. The average molecular weight is 236 g/mol. The van der Waals surface area contributed by atoms with Gasteiger partial charge in [0.2, 0.25) is 0 Å². The van der Waals surface area contributed by atoms with Gasteiger partial charge in [-0.15, -0.1) is 0 Å². The molecule has 2 aromatic rings. The van der Waals surface area contributed by atoms with E-state index in [1.807, 2.05) is 37.5 Å². The predicted octanol–water partition coefficient (Wildman–Crippen LogP) is 2.24. The van der Waals surface area contributed by atoms with Crippen LogP contribution in [0.25, 0.3) is 11.1 Å². The number of hydrogen-bond donors (Lipinski definition) is 1. The highest BCUT2D eigenvalue weighted by Crippen LogP contribution is 2.29. The van der Waals surface area contributed by atoms with Crippen LogP contribution in [0, 0.1) is 0 Å². The Morgan fingerprint density at radius 2 is 2.06 bits per heavy atom. The molecule has 0 spiro atoms. The van der Waals surface area contributed by atoms with Gasteiger partial charge in [0.05, 0.1) is 5.69 Å². The van der Waals surface area contributed by atoms with Gasteiger partial charge in [-0.25, -0.2) is 0 Å². The molecule has 2 N–H and O–H groups in total. The number of aromatic nitrogens is 2. The number of rotatable bonds is 3. The van der Waals surface area contributed by atoms with Crippen LogP contribution in [0.5, 0.6) is 0 Å². The SMILES string of the molecule is Cn1cc(-c2ccccc2Cl)c(CCN)n1. The quantitative estimate of drug-likeness (QED) is 0.887. The molecule has 0 atom stereocenters. The van der Waals surface area contributed by atoms with Crippen molar-refractivity contribution in [3.8, 4) is 11.1 Å². The van der Waals surface area contributed by atoms with Crippen molar-refractivity contribution < 1.29 is 0 Å². The molecule has 1 aromatic carbocycles. The second-order valence-corrected chi connectivity index (χ2v) is 4.09. The lowest BCUT2D eigenvalue weighted by Gasteiger charge is -2.03. The first-order chi connectivity index (χ1) is 7.72. The summed E-state index contributed by atoms with van der Waals surface area (Å²) in [6.07, 6.45) is 2.74.